The molecule has 0 radical (unpaired) electrons. The largest absolute Gasteiger partial charge is 0.508 e. The van der Waals surface area contributed by atoms with Crippen molar-refractivity contribution in [1.29, 1.82) is 0 Å². The van der Waals surface area contributed by atoms with Gasteiger partial charge in [-0.05, 0) is 18.1 Å². The maximum Gasteiger partial charge on any atom is 0.336 e. The third-order valence-corrected chi connectivity index (χ3v) is 4.32. The van der Waals surface area contributed by atoms with Crippen LogP contribution in [0.3, 0.4) is 0 Å². The van der Waals surface area contributed by atoms with Crippen LogP contribution in [0.15, 0.2) is 51.7 Å². The second-order valence-electron chi connectivity index (χ2n) is 6.14. The summed E-state index contributed by atoms with van der Waals surface area (Å²) in [6, 6.07) is 10.2. The molecule has 1 heterocycles. The Kier molecular flexibility index (Phi) is 5.39. The lowest BCUT2D eigenvalue weighted by molar-refractivity contribution is -0.385. The molecule has 8 heteroatoms. The van der Waals surface area contributed by atoms with E-state index in [0.29, 0.717) is 22.9 Å². The molecule has 0 spiro atoms. The maximum absolute atomic E-state index is 12.2. The van der Waals surface area contributed by atoms with E-state index in [0.717, 1.165) is 0 Å². The number of fused-ring (bicyclic) bond motifs is 1. The fourth-order valence-corrected chi connectivity index (χ4v) is 2.91. The van der Waals surface area contributed by atoms with Crippen molar-refractivity contribution >= 4 is 22.6 Å². The summed E-state index contributed by atoms with van der Waals surface area (Å²) in [5.41, 5.74) is 0.722. The van der Waals surface area contributed by atoms with Gasteiger partial charge in [0.25, 0.3) is 5.69 Å². The molecule has 2 aromatic carbocycles. The number of hydrogen-bond acceptors (Lipinski definition) is 7. The summed E-state index contributed by atoms with van der Waals surface area (Å²) >= 11 is 0. The summed E-state index contributed by atoms with van der Waals surface area (Å²) in [5.74, 6) is -0.645. The van der Waals surface area contributed by atoms with E-state index in [1.807, 2.05) is 6.92 Å². The minimum absolute atomic E-state index is 0.0173. The van der Waals surface area contributed by atoms with Gasteiger partial charge < -0.3 is 14.3 Å². The zero-order valence-corrected chi connectivity index (χ0v) is 15.0. The van der Waals surface area contributed by atoms with Gasteiger partial charge in [-0.15, -0.1) is 0 Å². The van der Waals surface area contributed by atoms with E-state index in [1.54, 1.807) is 12.1 Å². The van der Waals surface area contributed by atoms with Gasteiger partial charge in [-0.2, -0.15) is 0 Å². The number of esters is 1. The molecule has 1 aromatic heterocycles. The first-order valence-corrected chi connectivity index (χ1v) is 8.55. The number of phenols is 1. The molecule has 8 nitrogen and oxygen atoms in total. The number of aromatic hydroxyl groups is 1. The molecule has 0 saturated heterocycles. The minimum atomic E-state index is -0.662. The van der Waals surface area contributed by atoms with Gasteiger partial charge in [0.05, 0.1) is 11.3 Å². The summed E-state index contributed by atoms with van der Waals surface area (Å²) in [5, 5.41) is 21.5. The van der Waals surface area contributed by atoms with E-state index in [1.165, 1.54) is 30.3 Å². The zero-order chi connectivity index (χ0) is 20.3. The first kappa shape index (κ1) is 19.1. The van der Waals surface area contributed by atoms with E-state index in [9.17, 15) is 24.8 Å². The van der Waals surface area contributed by atoms with Crippen molar-refractivity contribution in [2.75, 3.05) is 0 Å². The highest BCUT2D eigenvalue weighted by atomic mass is 16.6. The molecule has 0 atom stereocenters. The highest BCUT2D eigenvalue weighted by molar-refractivity contribution is 5.83. The first-order valence-electron chi connectivity index (χ1n) is 8.55. The Balaban J connectivity index is 1.83. The van der Waals surface area contributed by atoms with Gasteiger partial charge in [-0.3, -0.25) is 14.9 Å². The van der Waals surface area contributed by atoms with Crippen molar-refractivity contribution in [2.45, 2.75) is 26.4 Å². The normalized spacial score (nSPS) is 10.8. The SMILES string of the molecule is CCc1cc2c(COC(=O)Cc3ccccc3[N+](=O)[O-])cc(=O)oc2cc1O. The molecule has 144 valence electrons. The van der Waals surface area contributed by atoms with Gasteiger partial charge >= 0.3 is 11.6 Å². The molecule has 0 fully saturated rings. The van der Waals surface area contributed by atoms with E-state index in [2.05, 4.69) is 0 Å². The van der Waals surface area contributed by atoms with Crippen molar-refractivity contribution in [3.05, 3.63) is 79.7 Å². The molecule has 3 aromatic rings. The quantitative estimate of drug-likeness (QED) is 0.300. The number of nitro groups is 1. The van der Waals surface area contributed by atoms with Gasteiger partial charge in [0.1, 0.15) is 17.9 Å². The van der Waals surface area contributed by atoms with Crippen molar-refractivity contribution in [3.8, 4) is 5.75 Å². The molecule has 0 amide bonds. The number of para-hydroxylation sites is 1. The van der Waals surface area contributed by atoms with E-state index < -0.39 is 16.5 Å². The maximum atomic E-state index is 12.2. The van der Waals surface area contributed by atoms with Crippen LogP contribution in [0.25, 0.3) is 11.0 Å². The van der Waals surface area contributed by atoms with Crippen LogP contribution in [0, 0.1) is 10.1 Å². The van der Waals surface area contributed by atoms with Crippen LogP contribution in [-0.4, -0.2) is 16.0 Å². The molecule has 28 heavy (non-hydrogen) atoms. The second-order valence-corrected chi connectivity index (χ2v) is 6.14. The predicted molar refractivity (Wildman–Crippen MR) is 100 cm³/mol. The van der Waals surface area contributed by atoms with Crippen LogP contribution in [0.5, 0.6) is 5.75 Å². The van der Waals surface area contributed by atoms with Crippen LogP contribution in [0.2, 0.25) is 0 Å². The van der Waals surface area contributed by atoms with Gasteiger partial charge in [-0.1, -0.05) is 25.1 Å². The summed E-state index contributed by atoms with van der Waals surface area (Å²) in [6.45, 7) is 1.67. The molecule has 0 saturated carbocycles. The number of nitrogens with zero attached hydrogens (tertiary/aromatic N) is 1. The van der Waals surface area contributed by atoms with Gasteiger partial charge in [0, 0.05) is 34.7 Å². The summed E-state index contributed by atoms with van der Waals surface area (Å²) in [6.07, 6.45) is 0.301. The highest BCUT2D eigenvalue weighted by Crippen LogP contribution is 2.27. The number of carbonyl (C=O) groups is 1. The molecule has 0 unspecified atom stereocenters. The summed E-state index contributed by atoms with van der Waals surface area (Å²) in [4.78, 5) is 34.4. The topological polar surface area (TPSA) is 120 Å². The van der Waals surface area contributed by atoms with Gasteiger partial charge in [0.2, 0.25) is 0 Å². The van der Waals surface area contributed by atoms with E-state index >= 15 is 0 Å². The lowest BCUT2D eigenvalue weighted by Crippen LogP contribution is -2.11. The number of ether oxygens (including phenoxy) is 1. The smallest absolute Gasteiger partial charge is 0.336 e. The molecule has 0 aliphatic carbocycles. The predicted octanol–water partition coefficient (Wildman–Crippen LogP) is 3.26. The number of carbonyl (C=O) groups excluding carboxylic acids is 1. The van der Waals surface area contributed by atoms with Crippen LogP contribution < -0.4 is 5.63 Å². The number of hydrogen-bond donors (Lipinski definition) is 1. The Morgan fingerprint density at radius 2 is 1.93 bits per heavy atom. The second kappa shape index (κ2) is 7.91. The first-order chi connectivity index (χ1) is 13.4. The van der Waals surface area contributed by atoms with Crippen LogP contribution in [0.4, 0.5) is 5.69 Å². The fourth-order valence-electron chi connectivity index (χ4n) is 2.91. The number of rotatable bonds is 6. The van der Waals surface area contributed by atoms with Gasteiger partial charge in [0.15, 0.2) is 0 Å². The van der Waals surface area contributed by atoms with Crippen LogP contribution >= 0.6 is 0 Å². The summed E-state index contributed by atoms with van der Waals surface area (Å²) < 4.78 is 10.3. The van der Waals surface area contributed by atoms with Crippen molar-refractivity contribution in [1.82, 2.24) is 0 Å². The molecular weight excluding hydrogens is 366 g/mol. The van der Waals surface area contributed by atoms with Crippen LogP contribution in [-0.2, 0) is 29.0 Å². The van der Waals surface area contributed by atoms with E-state index in [4.69, 9.17) is 9.15 Å². The molecular formula is C20H17NO7. The van der Waals surface area contributed by atoms with E-state index in [-0.39, 0.29) is 35.6 Å². The Morgan fingerprint density at radius 3 is 2.64 bits per heavy atom. The Hall–Kier alpha value is -3.68. The zero-order valence-electron chi connectivity index (χ0n) is 15.0. The van der Waals surface area contributed by atoms with Gasteiger partial charge in [-0.25, -0.2) is 4.79 Å². The Bertz CT molecular complexity index is 1120. The lowest BCUT2D eigenvalue weighted by Gasteiger charge is -2.09. The van der Waals surface area contributed by atoms with Crippen molar-refractivity contribution in [3.63, 3.8) is 0 Å². The Labute approximate surface area is 159 Å². The average molecular weight is 383 g/mol. The van der Waals surface area contributed by atoms with Crippen molar-refractivity contribution in [2.24, 2.45) is 0 Å². The monoisotopic (exact) mass is 383 g/mol. The summed E-state index contributed by atoms with van der Waals surface area (Å²) in [7, 11) is 0. The fraction of sp³-hybridized carbons (Fsp3) is 0.200. The third-order valence-electron chi connectivity index (χ3n) is 4.32. The molecule has 0 aliphatic heterocycles. The average Bonchev–Trinajstić information content (AvgIpc) is 2.65. The molecule has 3 rings (SSSR count). The molecule has 1 N–H and O–H groups in total. The number of aryl methyl sites for hydroxylation is 1. The third kappa shape index (κ3) is 4.01. The Morgan fingerprint density at radius 1 is 1.18 bits per heavy atom. The highest BCUT2D eigenvalue weighted by Gasteiger charge is 2.17. The standard InChI is InChI=1S/C20H17NO7/c1-2-12-7-15-14(9-20(24)28-18(15)10-17(12)22)11-27-19(23)8-13-5-3-4-6-16(13)21(25)26/h3-7,9-10,22H,2,8,11H2,1H3. The molecule has 0 bridgehead atoms. The van der Waals surface area contributed by atoms with Crippen molar-refractivity contribution < 1.29 is 24.0 Å². The molecule has 0 aliphatic rings. The minimum Gasteiger partial charge on any atom is -0.508 e. The number of nitro benzene ring substituents is 1. The lowest BCUT2D eigenvalue weighted by atomic mass is 10.0. The van der Waals surface area contributed by atoms with Crippen LogP contribution in [0.1, 0.15) is 23.6 Å². The number of phenolic OH excluding ortho intramolecular Hbond substituents is 1. The number of benzene rings is 2.